The minimum absolute atomic E-state index is 0.0109. The van der Waals surface area contributed by atoms with Crippen molar-refractivity contribution < 1.29 is 25.2 Å². The minimum Gasteiger partial charge on any atom is -0.508 e. The Kier molecular flexibility index (Phi) is 2.82. The van der Waals surface area contributed by atoms with Gasteiger partial charge in [-0.2, -0.15) is 0 Å². The molecular weight excluding hydrogens is 260 g/mol. The van der Waals surface area contributed by atoms with Crippen LogP contribution >= 0.6 is 0 Å². The summed E-state index contributed by atoms with van der Waals surface area (Å²) in [6.45, 7) is 0. The summed E-state index contributed by atoms with van der Waals surface area (Å²) in [5.41, 5.74) is 1.29. The predicted octanol–water partition coefficient (Wildman–Crippen LogP) is 2.39. The van der Waals surface area contributed by atoms with Gasteiger partial charge < -0.3 is 25.2 Å². The lowest BCUT2D eigenvalue weighted by Crippen LogP contribution is -2.15. The Morgan fingerprint density at radius 2 is 1.70 bits per heavy atom. The van der Waals surface area contributed by atoms with E-state index in [1.54, 1.807) is 6.07 Å². The molecule has 103 valence electrons. The molecule has 0 unspecified atom stereocenters. The lowest BCUT2D eigenvalue weighted by atomic mass is 9.96. The van der Waals surface area contributed by atoms with Gasteiger partial charge in [-0.05, 0) is 24.1 Å². The van der Waals surface area contributed by atoms with Crippen molar-refractivity contribution in [3.63, 3.8) is 0 Å². The number of benzene rings is 2. The molecule has 1 heterocycles. The zero-order valence-electron chi connectivity index (χ0n) is 10.4. The van der Waals surface area contributed by atoms with Crippen molar-refractivity contribution in [2.24, 2.45) is 0 Å². The zero-order valence-corrected chi connectivity index (χ0v) is 10.4. The molecule has 2 aromatic rings. The van der Waals surface area contributed by atoms with Gasteiger partial charge in [-0.25, -0.2) is 0 Å². The molecule has 0 spiro atoms. The van der Waals surface area contributed by atoms with Crippen molar-refractivity contribution in [1.29, 1.82) is 0 Å². The van der Waals surface area contributed by atoms with Gasteiger partial charge in [0.15, 0.2) is 11.5 Å². The SMILES string of the molecule is Oc1cc(O)c2c(c1)O[C@H](c1ccc(O)c(O)c1)[CH]C2. The van der Waals surface area contributed by atoms with Gasteiger partial charge in [0, 0.05) is 24.1 Å². The molecule has 0 aliphatic carbocycles. The molecule has 3 rings (SSSR count). The van der Waals surface area contributed by atoms with E-state index in [2.05, 4.69) is 0 Å². The number of fused-ring (bicyclic) bond motifs is 1. The predicted molar refractivity (Wildman–Crippen MR) is 70.9 cm³/mol. The molecule has 0 aromatic heterocycles. The molecule has 1 aliphatic heterocycles. The van der Waals surface area contributed by atoms with Crippen LogP contribution in [0.1, 0.15) is 17.2 Å². The van der Waals surface area contributed by atoms with E-state index in [1.807, 2.05) is 6.42 Å². The lowest BCUT2D eigenvalue weighted by Gasteiger charge is -2.26. The van der Waals surface area contributed by atoms with E-state index in [0.29, 0.717) is 23.3 Å². The molecule has 1 atom stereocenters. The number of phenols is 4. The van der Waals surface area contributed by atoms with Crippen molar-refractivity contribution >= 4 is 0 Å². The second-order valence-electron chi connectivity index (χ2n) is 4.67. The average Bonchev–Trinajstić information content (AvgIpc) is 2.41. The zero-order chi connectivity index (χ0) is 14.3. The molecule has 5 nitrogen and oxygen atoms in total. The lowest BCUT2D eigenvalue weighted by molar-refractivity contribution is 0.217. The second kappa shape index (κ2) is 4.52. The molecule has 20 heavy (non-hydrogen) atoms. The van der Waals surface area contributed by atoms with Crippen LogP contribution in [-0.4, -0.2) is 20.4 Å². The summed E-state index contributed by atoms with van der Waals surface area (Å²) in [7, 11) is 0. The number of ether oxygens (including phenoxy) is 1. The molecule has 0 amide bonds. The summed E-state index contributed by atoms with van der Waals surface area (Å²) in [5.74, 6) is -0.0921. The Morgan fingerprint density at radius 3 is 2.45 bits per heavy atom. The first-order valence-electron chi connectivity index (χ1n) is 6.11. The Bertz CT molecular complexity index is 666. The van der Waals surface area contributed by atoms with E-state index in [0.717, 1.165) is 0 Å². The fourth-order valence-corrected chi connectivity index (χ4v) is 2.26. The van der Waals surface area contributed by atoms with Gasteiger partial charge in [-0.15, -0.1) is 0 Å². The second-order valence-corrected chi connectivity index (χ2v) is 4.67. The molecule has 0 fully saturated rings. The summed E-state index contributed by atoms with van der Waals surface area (Å²) in [6, 6.07) is 7.16. The van der Waals surface area contributed by atoms with Gasteiger partial charge in [0.25, 0.3) is 0 Å². The molecular formula is C15H13O5. The van der Waals surface area contributed by atoms with Gasteiger partial charge in [0.2, 0.25) is 0 Å². The highest BCUT2D eigenvalue weighted by Crippen LogP contribution is 2.42. The van der Waals surface area contributed by atoms with Crippen LogP contribution in [-0.2, 0) is 6.42 Å². The van der Waals surface area contributed by atoms with Crippen LogP contribution in [0, 0.1) is 6.42 Å². The van der Waals surface area contributed by atoms with E-state index in [-0.39, 0.29) is 23.0 Å². The van der Waals surface area contributed by atoms with Crippen LogP contribution in [0.5, 0.6) is 28.7 Å². The standard InChI is InChI=1S/C15H13O5/c16-9-6-12(18)10-2-4-14(20-15(10)7-9)8-1-3-11(17)13(19)5-8/h1,3-7,14,16-19H,2H2/t14-/m0/s1. The van der Waals surface area contributed by atoms with Gasteiger partial charge in [-0.3, -0.25) is 0 Å². The van der Waals surface area contributed by atoms with Gasteiger partial charge in [-0.1, -0.05) is 6.07 Å². The fraction of sp³-hybridized carbons (Fsp3) is 0.133. The highest BCUT2D eigenvalue weighted by molar-refractivity contribution is 5.52. The van der Waals surface area contributed by atoms with Crippen LogP contribution < -0.4 is 4.74 Å². The quantitative estimate of drug-likeness (QED) is 0.599. The maximum atomic E-state index is 9.74. The Balaban J connectivity index is 1.93. The molecule has 0 bridgehead atoms. The van der Waals surface area contributed by atoms with Gasteiger partial charge in [0.1, 0.15) is 23.4 Å². The molecule has 4 N–H and O–H groups in total. The fourth-order valence-electron chi connectivity index (χ4n) is 2.26. The molecule has 2 aromatic carbocycles. The summed E-state index contributed by atoms with van der Waals surface area (Å²) >= 11 is 0. The monoisotopic (exact) mass is 273 g/mol. The van der Waals surface area contributed by atoms with E-state index in [4.69, 9.17) is 4.74 Å². The van der Waals surface area contributed by atoms with Crippen molar-refractivity contribution in [3.8, 4) is 28.7 Å². The number of aromatic hydroxyl groups is 4. The van der Waals surface area contributed by atoms with E-state index in [9.17, 15) is 20.4 Å². The highest BCUT2D eigenvalue weighted by Gasteiger charge is 2.25. The third kappa shape index (κ3) is 2.07. The summed E-state index contributed by atoms with van der Waals surface area (Å²) in [6.07, 6.45) is 1.90. The molecule has 0 saturated heterocycles. The van der Waals surface area contributed by atoms with Crippen LogP contribution in [0.2, 0.25) is 0 Å². The van der Waals surface area contributed by atoms with Crippen LogP contribution in [0.4, 0.5) is 0 Å². The minimum atomic E-state index is -0.421. The van der Waals surface area contributed by atoms with Gasteiger partial charge >= 0.3 is 0 Å². The molecule has 0 saturated carbocycles. The summed E-state index contributed by atoms with van der Waals surface area (Å²) < 4.78 is 5.71. The van der Waals surface area contributed by atoms with Crippen LogP contribution in [0.25, 0.3) is 0 Å². The summed E-state index contributed by atoms with van der Waals surface area (Å²) in [5, 5.41) is 38.0. The van der Waals surface area contributed by atoms with Crippen LogP contribution in [0.15, 0.2) is 30.3 Å². The molecule has 1 radical (unpaired) electrons. The maximum Gasteiger partial charge on any atom is 0.157 e. The molecule has 1 aliphatic rings. The summed E-state index contributed by atoms with van der Waals surface area (Å²) in [4.78, 5) is 0. The number of rotatable bonds is 1. The number of hydrogen-bond donors (Lipinski definition) is 4. The Morgan fingerprint density at radius 1 is 0.900 bits per heavy atom. The highest BCUT2D eigenvalue weighted by atomic mass is 16.5. The number of hydrogen-bond acceptors (Lipinski definition) is 5. The topological polar surface area (TPSA) is 90.2 Å². The third-order valence-corrected chi connectivity index (χ3v) is 3.29. The maximum absolute atomic E-state index is 9.74. The van der Waals surface area contributed by atoms with Crippen LogP contribution in [0.3, 0.4) is 0 Å². The Labute approximate surface area is 115 Å². The third-order valence-electron chi connectivity index (χ3n) is 3.29. The van der Waals surface area contributed by atoms with Crippen molar-refractivity contribution in [3.05, 3.63) is 47.9 Å². The van der Waals surface area contributed by atoms with Crippen molar-refractivity contribution in [1.82, 2.24) is 0 Å². The smallest absolute Gasteiger partial charge is 0.157 e. The first-order valence-corrected chi connectivity index (χ1v) is 6.11. The van der Waals surface area contributed by atoms with E-state index in [1.165, 1.54) is 24.3 Å². The largest absolute Gasteiger partial charge is 0.508 e. The normalized spacial score (nSPS) is 17.3. The van der Waals surface area contributed by atoms with E-state index < -0.39 is 6.10 Å². The Hall–Kier alpha value is -2.56. The van der Waals surface area contributed by atoms with E-state index >= 15 is 0 Å². The molecule has 5 heteroatoms. The number of phenolic OH excluding ortho intramolecular Hbond substituents is 4. The van der Waals surface area contributed by atoms with Gasteiger partial charge in [0.05, 0.1) is 0 Å². The van der Waals surface area contributed by atoms with Crippen molar-refractivity contribution in [2.75, 3.05) is 0 Å². The van der Waals surface area contributed by atoms with Crippen molar-refractivity contribution in [2.45, 2.75) is 12.5 Å². The first-order chi connectivity index (χ1) is 9.54. The average molecular weight is 273 g/mol. The first kappa shape index (κ1) is 12.5.